The molecule has 2 N–H and O–H groups in total. The third kappa shape index (κ3) is 5.29. The summed E-state index contributed by atoms with van der Waals surface area (Å²) in [6.07, 6.45) is 1.72. The smallest absolute Gasteiger partial charge is 0.270 e. The molecule has 0 radical (unpaired) electrons. The largest absolute Gasteiger partial charge is 0.355 e. The molecule has 1 aliphatic heterocycles. The Balaban J connectivity index is 0.00000156. The monoisotopic (exact) mass is 404 g/mol. The molecule has 0 saturated carbocycles. The number of benzene rings is 1. The fraction of sp³-hybridized carbons (Fsp3) is 0.267. The van der Waals surface area contributed by atoms with Crippen molar-refractivity contribution in [2.75, 3.05) is 29.9 Å². The molecule has 7 nitrogen and oxygen atoms in total. The molecule has 0 unspecified atom stereocenters. The molecule has 1 aromatic heterocycles. The summed E-state index contributed by atoms with van der Waals surface area (Å²) < 4.78 is 0. The Bertz CT molecular complexity index is 718. The number of thioether (sulfide) groups is 1. The van der Waals surface area contributed by atoms with Gasteiger partial charge in [-0.15, -0.1) is 24.8 Å². The summed E-state index contributed by atoms with van der Waals surface area (Å²) >= 11 is 1.86. The van der Waals surface area contributed by atoms with Crippen LogP contribution in [0.15, 0.2) is 36.5 Å². The van der Waals surface area contributed by atoms with Gasteiger partial charge in [-0.05, 0) is 18.2 Å². The Labute approximate surface area is 161 Å². The van der Waals surface area contributed by atoms with Crippen molar-refractivity contribution in [3.63, 3.8) is 0 Å². The molecule has 3 rings (SSSR count). The molecule has 10 heteroatoms. The maximum atomic E-state index is 12.4. The normalized spacial score (nSPS) is 13.4. The number of non-ortho nitro benzene ring substituents is 1. The number of aromatic nitrogens is 1. The van der Waals surface area contributed by atoms with Crippen LogP contribution in [-0.2, 0) is 0 Å². The van der Waals surface area contributed by atoms with Crippen molar-refractivity contribution in [1.82, 2.24) is 9.88 Å². The molecule has 1 aliphatic rings. The number of rotatable bonds is 4. The number of nitrogens with one attached hydrogen (secondary N) is 2. The Morgan fingerprint density at radius 2 is 1.80 bits per heavy atom. The lowest BCUT2D eigenvalue weighted by Gasteiger charge is -2.25. The van der Waals surface area contributed by atoms with Crippen LogP contribution in [0.4, 0.5) is 17.1 Å². The second-order valence-electron chi connectivity index (χ2n) is 5.14. The number of nitro benzene ring substituents is 1. The molecule has 0 bridgehead atoms. The zero-order valence-electron chi connectivity index (χ0n) is 13.1. The highest BCUT2D eigenvalue weighted by Crippen LogP contribution is 2.21. The summed E-state index contributed by atoms with van der Waals surface area (Å²) in [5.41, 5.74) is 2.06. The van der Waals surface area contributed by atoms with E-state index >= 15 is 0 Å². The minimum absolute atomic E-state index is 0. The topological polar surface area (TPSA) is 91.3 Å². The average molecular weight is 405 g/mol. The van der Waals surface area contributed by atoms with Crippen LogP contribution in [0.1, 0.15) is 10.5 Å². The van der Waals surface area contributed by atoms with Gasteiger partial charge in [-0.2, -0.15) is 11.8 Å². The summed E-state index contributed by atoms with van der Waals surface area (Å²) in [6, 6.07) is 7.90. The van der Waals surface area contributed by atoms with Gasteiger partial charge in [-0.1, -0.05) is 0 Å². The minimum atomic E-state index is -0.437. The number of halogens is 2. The van der Waals surface area contributed by atoms with E-state index in [9.17, 15) is 14.9 Å². The van der Waals surface area contributed by atoms with Gasteiger partial charge in [0.1, 0.15) is 5.69 Å². The number of anilines is 2. The average Bonchev–Trinajstić information content (AvgIpc) is 3.04. The van der Waals surface area contributed by atoms with E-state index in [2.05, 4.69) is 10.3 Å². The van der Waals surface area contributed by atoms with Crippen LogP contribution in [0, 0.1) is 10.1 Å². The van der Waals surface area contributed by atoms with Crippen LogP contribution in [0.5, 0.6) is 0 Å². The first-order valence-electron chi connectivity index (χ1n) is 7.20. The molecule has 25 heavy (non-hydrogen) atoms. The zero-order chi connectivity index (χ0) is 16.2. The van der Waals surface area contributed by atoms with Crippen LogP contribution in [0.2, 0.25) is 0 Å². The molecule has 1 saturated heterocycles. The lowest BCUT2D eigenvalue weighted by molar-refractivity contribution is -0.384. The summed E-state index contributed by atoms with van der Waals surface area (Å²) in [7, 11) is 0. The lowest BCUT2D eigenvalue weighted by Crippen LogP contribution is -2.38. The van der Waals surface area contributed by atoms with E-state index in [1.54, 1.807) is 24.4 Å². The standard InChI is InChI=1S/C15H16N4O3S.2ClH/c20-15(18-5-7-23-8-6-18)14-9-12(10-16-14)17-11-1-3-13(4-2-11)19(21)22;;/h1-4,9-10,16-17H,5-8H2;2*1H. The molecule has 1 aromatic carbocycles. The van der Waals surface area contributed by atoms with Gasteiger partial charge in [-0.3, -0.25) is 14.9 Å². The number of carbonyl (C=O) groups is 1. The third-order valence-corrected chi connectivity index (χ3v) is 4.52. The van der Waals surface area contributed by atoms with Gasteiger partial charge in [0.05, 0.1) is 10.6 Å². The highest BCUT2D eigenvalue weighted by atomic mass is 35.5. The Hall–Kier alpha value is -1.90. The highest BCUT2D eigenvalue weighted by molar-refractivity contribution is 7.99. The second-order valence-corrected chi connectivity index (χ2v) is 6.36. The molecule has 0 spiro atoms. The number of nitrogens with zero attached hydrogens (tertiary/aromatic N) is 2. The maximum absolute atomic E-state index is 12.4. The first-order chi connectivity index (χ1) is 11.1. The SMILES string of the molecule is Cl.Cl.O=C(c1cc(Nc2ccc([N+](=O)[O-])cc2)c[nH]1)N1CCSCC1. The Kier molecular flexibility index (Phi) is 8.08. The first-order valence-corrected chi connectivity index (χ1v) is 8.36. The molecule has 0 aliphatic carbocycles. The first kappa shape index (κ1) is 21.1. The van der Waals surface area contributed by atoms with Crippen molar-refractivity contribution in [2.24, 2.45) is 0 Å². The Morgan fingerprint density at radius 3 is 2.40 bits per heavy atom. The fourth-order valence-corrected chi connectivity index (χ4v) is 3.26. The van der Waals surface area contributed by atoms with Gasteiger partial charge in [-0.25, -0.2) is 0 Å². The number of hydrogen-bond donors (Lipinski definition) is 2. The van der Waals surface area contributed by atoms with E-state index in [1.165, 1.54) is 12.1 Å². The molecule has 1 amide bonds. The number of nitro groups is 1. The highest BCUT2D eigenvalue weighted by Gasteiger charge is 2.19. The number of amides is 1. The van der Waals surface area contributed by atoms with Crippen LogP contribution in [-0.4, -0.2) is 45.3 Å². The summed E-state index contributed by atoms with van der Waals surface area (Å²) in [4.78, 5) is 27.4. The quantitative estimate of drug-likeness (QED) is 0.598. The van der Waals surface area contributed by atoms with Crippen LogP contribution >= 0.6 is 36.6 Å². The van der Waals surface area contributed by atoms with Gasteiger partial charge in [0.2, 0.25) is 0 Å². The van der Waals surface area contributed by atoms with Crippen molar-refractivity contribution >= 4 is 59.5 Å². The van der Waals surface area contributed by atoms with E-state index in [4.69, 9.17) is 0 Å². The number of carbonyl (C=O) groups excluding carboxylic acids is 1. The Morgan fingerprint density at radius 1 is 1.16 bits per heavy atom. The van der Waals surface area contributed by atoms with Crippen LogP contribution in [0.25, 0.3) is 0 Å². The summed E-state index contributed by atoms with van der Waals surface area (Å²) in [5, 5.41) is 13.8. The number of aromatic amines is 1. The van der Waals surface area contributed by atoms with Crippen molar-refractivity contribution in [3.05, 3.63) is 52.3 Å². The third-order valence-electron chi connectivity index (χ3n) is 3.58. The zero-order valence-corrected chi connectivity index (χ0v) is 15.6. The molecule has 2 heterocycles. The predicted octanol–water partition coefficient (Wildman–Crippen LogP) is 3.70. The van der Waals surface area contributed by atoms with Crippen LogP contribution < -0.4 is 5.32 Å². The van der Waals surface area contributed by atoms with Crippen molar-refractivity contribution in [3.8, 4) is 0 Å². The maximum Gasteiger partial charge on any atom is 0.270 e. The van der Waals surface area contributed by atoms with Gasteiger partial charge < -0.3 is 15.2 Å². The molecular formula is C15H18Cl2N4O3S. The van der Waals surface area contributed by atoms with Crippen LogP contribution in [0.3, 0.4) is 0 Å². The van der Waals surface area contributed by atoms with E-state index < -0.39 is 4.92 Å². The van der Waals surface area contributed by atoms with E-state index in [0.717, 1.165) is 36.0 Å². The van der Waals surface area contributed by atoms with Crippen molar-refractivity contribution < 1.29 is 9.72 Å². The van der Waals surface area contributed by atoms with Gasteiger partial charge >= 0.3 is 0 Å². The summed E-state index contributed by atoms with van der Waals surface area (Å²) in [5.74, 6) is 1.95. The predicted molar refractivity (Wildman–Crippen MR) is 105 cm³/mol. The number of H-pyrrole nitrogens is 1. The molecule has 1 fully saturated rings. The molecule has 136 valence electrons. The van der Waals surface area contributed by atoms with Gasteiger partial charge in [0.25, 0.3) is 11.6 Å². The number of hydrogen-bond acceptors (Lipinski definition) is 5. The minimum Gasteiger partial charge on any atom is -0.355 e. The fourth-order valence-electron chi connectivity index (χ4n) is 2.36. The summed E-state index contributed by atoms with van der Waals surface area (Å²) in [6.45, 7) is 1.54. The van der Waals surface area contributed by atoms with Gasteiger partial charge in [0.15, 0.2) is 0 Å². The molecule has 0 atom stereocenters. The second kappa shape index (κ2) is 9.55. The van der Waals surface area contributed by atoms with E-state index in [1.807, 2.05) is 16.7 Å². The van der Waals surface area contributed by atoms with E-state index in [-0.39, 0.29) is 36.4 Å². The van der Waals surface area contributed by atoms with E-state index in [0.29, 0.717) is 5.69 Å². The molecule has 2 aromatic rings. The van der Waals surface area contributed by atoms with Gasteiger partial charge in [0, 0.05) is 48.6 Å². The lowest BCUT2D eigenvalue weighted by atomic mass is 10.2. The van der Waals surface area contributed by atoms with Crippen molar-refractivity contribution in [1.29, 1.82) is 0 Å². The van der Waals surface area contributed by atoms with Crippen molar-refractivity contribution in [2.45, 2.75) is 0 Å². The molecular weight excluding hydrogens is 387 g/mol.